The zero-order valence-electron chi connectivity index (χ0n) is 31.9. The molecule has 0 rings (SSSR count). The molecule has 0 aromatic carbocycles. The third-order valence-corrected chi connectivity index (χ3v) is 8.73. The van der Waals surface area contributed by atoms with Crippen molar-refractivity contribution in [2.45, 2.75) is 154 Å². The van der Waals surface area contributed by atoms with Crippen LogP contribution in [-0.2, 0) is 37.5 Å². The molecule has 0 saturated heterocycles. The minimum absolute atomic E-state index is 0.0816. The zero-order valence-corrected chi connectivity index (χ0v) is 32.8. The van der Waals surface area contributed by atoms with Crippen molar-refractivity contribution < 1.29 is 47.5 Å². The van der Waals surface area contributed by atoms with Crippen LogP contribution < -0.4 is 5.73 Å². The molecule has 0 aliphatic carbocycles. The molecule has 0 aliphatic rings. The molecule has 3 unspecified atom stereocenters. The first-order chi connectivity index (χ1) is 25.1. The van der Waals surface area contributed by atoms with Gasteiger partial charge in [0.1, 0.15) is 12.6 Å². The molecule has 11 nitrogen and oxygen atoms in total. The van der Waals surface area contributed by atoms with Gasteiger partial charge < -0.3 is 25.2 Å². The van der Waals surface area contributed by atoms with Crippen LogP contribution in [0.25, 0.3) is 0 Å². The van der Waals surface area contributed by atoms with Crippen molar-refractivity contribution >= 4 is 25.7 Å². The molecule has 3 atom stereocenters. The first-order valence-electron chi connectivity index (χ1n) is 19.3. The van der Waals surface area contributed by atoms with Crippen LogP contribution in [-0.4, -0.2) is 59.9 Å². The van der Waals surface area contributed by atoms with Crippen molar-refractivity contribution in [2.75, 3.05) is 19.8 Å². The summed E-state index contributed by atoms with van der Waals surface area (Å²) in [7, 11) is -4.73. The van der Waals surface area contributed by atoms with Gasteiger partial charge in [-0.2, -0.15) is 0 Å². The lowest BCUT2D eigenvalue weighted by Gasteiger charge is -2.20. The summed E-state index contributed by atoms with van der Waals surface area (Å²) in [6, 6.07) is -1.53. The largest absolute Gasteiger partial charge is 0.480 e. The molecule has 0 bridgehead atoms. The van der Waals surface area contributed by atoms with Crippen LogP contribution in [0.3, 0.4) is 0 Å². The standard InChI is InChI=1S/C40H68NO10P/c1-3-5-7-9-11-13-15-16-17-18-19-20-22-24-26-28-30-32-39(43)51-36(34-49-52(46,47)50-35-37(41)40(44)45)33-48-38(42)31-29-27-25-23-21-14-12-10-8-6-4-2/h5,7,11,13,16-17,19-20,24,26,36-37H,3-4,6,8-10,12,14-15,18,21-23,25,27-35,41H2,1-2H3,(H,44,45)(H,46,47)/b7-5-,13-11-,17-16-,20-19-,26-24-. The number of nitrogens with two attached hydrogens (primary N) is 1. The lowest BCUT2D eigenvalue weighted by atomic mass is 10.1. The number of hydrogen-bond acceptors (Lipinski definition) is 9. The molecule has 0 aliphatic heterocycles. The van der Waals surface area contributed by atoms with Crippen LogP contribution >= 0.6 is 7.82 Å². The number of carbonyl (C=O) groups excluding carboxylic acids is 2. The van der Waals surface area contributed by atoms with E-state index in [1.165, 1.54) is 44.9 Å². The lowest BCUT2D eigenvalue weighted by molar-refractivity contribution is -0.161. The van der Waals surface area contributed by atoms with Crippen LogP contribution in [0.4, 0.5) is 0 Å². The van der Waals surface area contributed by atoms with Crippen LogP contribution in [0.5, 0.6) is 0 Å². The Morgan fingerprint density at radius 2 is 1.08 bits per heavy atom. The summed E-state index contributed by atoms with van der Waals surface area (Å²) >= 11 is 0. The van der Waals surface area contributed by atoms with Gasteiger partial charge in [0.05, 0.1) is 13.2 Å². The predicted molar refractivity (Wildman–Crippen MR) is 208 cm³/mol. The number of rotatable bonds is 35. The van der Waals surface area contributed by atoms with E-state index in [1.807, 2.05) is 12.2 Å². The molecule has 0 fully saturated rings. The van der Waals surface area contributed by atoms with Crippen molar-refractivity contribution in [3.8, 4) is 0 Å². The number of carbonyl (C=O) groups is 3. The van der Waals surface area contributed by atoms with Crippen molar-refractivity contribution in [2.24, 2.45) is 5.73 Å². The second-order valence-corrected chi connectivity index (χ2v) is 14.1. The molecular weight excluding hydrogens is 685 g/mol. The first kappa shape index (κ1) is 49.2. The average Bonchev–Trinajstić information content (AvgIpc) is 3.12. The number of phosphoric acid groups is 1. The molecule has 0 spiro atoms. The number of allylic oxidation sites excluding steroid dienone is 10. The second-order valence-electron chi connectivity index (χ2n) is 12.7. The third kappa shape index (κ3) is 34.3. The number of unbranched alkanes of at least 4 members (excludes halogenated alkanes) is 11. The molecule has 12 heteroatoms. The van der Waals surface area contributed by atoms with Crippen LogP contribution in [0.15, 0.2) is 60.8 Å². The molecular formula is C40H68NO10P. The molecule has 0 heterocycles. The second kappa shape index (κ2) is 35.2. The average molecular weight is 754 g/mol. The van der Waals surface area contributed by atoms with Crippen molar-refractivity contribution in [1.82, 2.24) is 0 Å². The predicted octanol–water partition coefficient (Wildman–Crippen LogP) is 9.61. The Kier molecular flexibility index (Phi) is 33.3. The molecule has 298 valence electrons. The van der Waals surface area contributed by atoms with E-state index in [-0.39, 0.29) is 19.4 Å². The fraction of sp³-hybridized carbons (Fsp3) is 0.675. The van der Waals surface area contributed by atoms with Gasteiger partial charge in [-0.15, -0.1) is 0 Å². The third-order valence-electron chi connectivity index (χ3n) is 7.78. The van der Waals surface area contributed by atoms with E-state index in [4.69, 9.17) is 24.8 Å². The molecule has 4 N–H and O–H groups in total. The van der Waals surface area contributed by atoms with Crippen LogP contribution in [0.1, 0.15) is 142 Å². The van der Waals surface area contributed by atoms with Crippen molar-refractivity contribution in [3.63, 3.8) is 0 Å². The van der Waals surface area contributed by atoms with Crippen molar-refractivity contribution in [1.29, 1.82) is 0 Å². The van der Waals surface area contributed by atoms with Gasteiger partial charge in [0, 0.05) is 12.8 Å². The highest BCUT2D eigenvalue weighted by Gasteiger charge is 2.28. The number of hydrogen-bond donors (Lipinski definition) is 3. The van der Waals surface area contributed by atoms with E-state index < -0.39 is 51.1 Å². The number of aliphatic carboxylic acids is 1. The number of carboxylic acids is 1. The number of phosphoric ester groups is 1. The summed E-state index contributed by atoms with van der Waals surface area (Å²) in [5.74, 6) is -2.46. The Labute approximate surface area is 313 Å². The van der Waals surface area contributed by atoms with Gasteiger partial charge in [0.25, 0.3) is 0 Å². The summed E-state index contributed by atoms with van der Waals surface area (Å²) in [6.07, 6.45) is 38.7. The summed E-state index contributed by atoms with van der Waals surface area (Å²) in [5.41, 5.74) is 5.31. The molecule has 0 radical (unpaired) electrons. The maximum absolute atomic E-state index is 12.5. The zero-order chi connectivity index (χ0) is 38.5. The minimum Gasteiger partial charge on any atom is -0.480 e. The van der Waals surface area contributed by atoms with E-state index in [9.17, 15) is 23.8 Å². The highest BCUT2D eigenvalue weighted by molar-refractivity contribution is 7.47. The lowest BCUT2D eigenvalue weighted by Crippen LogP contribution is -2.34. The SMILES string of the molecule is CC/C=C\C/C=C\C/C=C\C/C=C\C/C=C\CCCC(=O)OC(COC(=O)CCCCCCCCCCCCC)COP(=O)(O)OCC(N)C(=O)O. The fourth-order valence-electron chi connectivity index (χ4n) is 4.75. The number of ether oxygens (including phenoxy) is 2. The maximum atomic E-state index is 12.5. The number of esters is 2. The van der Waals surface area contributed by atoms with Crippen molar-refractivity contribution in [3.05, 3.63) is 60.8 Å². The van der Waals surface area contributed by atoms with Gasteiger partial charge in [-0.05, 0) is 51.4 Å². The van der Waals surface area contributed by atoms with Crippen LogP contribution in [0, 0.1) is 0 Å². The quantitative estimate of drug-likeness (QED) is 0.0244. The summed E-state index contributed by atoms with van der Waals surface area (Å²) in [4.78, 5) is 45.7. The Hall–Kier alpha value is -2.82. The molecule has 0 saturated carbocycles. The van der Waals surface area contributed by atoms with Gasteiger partial charge in [0.2, 0.25) is 0 Å². The van der Waals surface area contributed by atoms with Gasteiger partial charge in [-0.25, -0.2) is 4.57 Å². The monoisotopic (exact) mass is 753 g/mol. The highest BCUT2D eigenvalue weighted by atomic mass is 31.2. The van der Waals surface area contributed by atoms with Gasteiger partial charge >= 0.3 is 25.7 Å². The summed E-state index contributed by atoms with van der Waals surface area (Å²) < 4.78 is 32.5. The molecule has 0 amide bonds. The Bertz CT molecular complexity index is 1120. The Balaban J connectivity index is 4.55. The van der Waals surface area contributed by atoms with E-state index >= 15 is 0 Å². The van der Waals surface area contributed by atoms with E-state index in [0.717, 1.165) is 51.4 Å². The summed E-state index contributed by atoms with van der Waals surface area (Å²) in [6.45, 7) is 2.59. The molecule has 52 heavy (non-hydrogen) atoms. The number of carboxylic acid groups (broad SMARTS) is 1. The van der Waals surface area contributed by atoms with E-state index in [1.54, 1.807) is 0 Å². The normalized spacial score (nSPS) is 14.5. The van der Waals surface area contributed by atoms with Crippen LogP contribution in [0.2, 0.25) is 0 Å². The topological polar surface area (TPSA) is 172 Å². The van der Waals surface area contributed by atoms with Gasteiger partial charge in [-0.1, -0.05) is 139 Å². The van der Waals surface area contributed by atoms with Gasteiger partial charge in [0.15, 0.2) is 6.10 Å². The van der Waals surface area contributed by atoms with E-state index in [2.05, 4.69) is 67.0 Å². The summed E-state index contributed by atoms with van der Waals surface area (Å²) in [5, 5.41) is 8.86. The molecule has 0 aromatic rings. The maximum Gasteiger partial charge on any atom is 0.472 e. The Morgan fingerprint density at radius 3 is 1.60 bits per heavy atom. The highest BCUT2D eigenvalue weighted by Crippen LogP contribution is 2.43. The smallest absolute Gasteiger partial charge is 0.472 e. The Morgan fingerprint density at radius 1 is 0.615 bits per heavy atom. The van der Waals surface area contributed by atoms with E-state index in [0.29, 0.717) is 19.3 Å². The fourth-order valence-corrected chi connectivity index (χ4v) is 5.52. The minimum atomic E-state index is -4.73. The first-order valence-corrected chi connectivity index (χ1v) is 20.8. The van der Waals surface area contributed by atoms with Gasteiger partial charge in [-0.3, -0.25) is 23.4 Å². The molecule has 0 aromatic heterocycles.